The summed E-state index contributed by atoms with van der Waals surface area (Å²) in [4.78, 5) is 8.72. The van der Waals surface area contributed by atoms with Crippen molar-refractivity contribution in [3.63, 3.8) is 0 Å². The van der Waals surface area contributed by atoms with Crippen LogP contribution in [-0.2, 0) is 18.7 Å². The van der Waals surface area contributed by atoms with Crippen LogP contribution in [0.15, 0.2) is 47.7 Å². The molecule has 3 rings (SSSR count). The van der Waals surface area contributed by atoms with Crippen molar-refractivity contribution >= 4 is 23.1 Å². The Morgan fingerprint density at radius 3 is 2.88 bits per heavy atom. The number of thioether (sulfide) groups is 1. The summed E-state index contributed by atoms with van der Waals surface area (Å²) in [5.41, 5.74) is 2.11. The Hall–Kier alpha value is -1.99. The number of thiazole rings is 1. The summed E-state index contributed by atoms with van der Waals surface area (Å²) in [5, 5.41) is 12.9. The van der Waals surface area contributed by atoms with E-state index in [1.54, 1.807) is 35.5 Å². The third-order valence-corrected chi connectivity index (χ3v) is 5.34. The second kappa shape index (κ2) is 8.21. The summed E-state index contributed by atoms with van der Waals surface area (Å²) in [6.07, 6.45) is 7.57. The molecule has 3 aromatic heterocycles. The molecule has 0 radical (unpaired) electrons. The van der Waals surface area contributed by atoms with Crippen LogP contribution in [0.4, 0.5) is 0 Å². The van der Waals surface area contributed by atoms with E-state index in [4.69, 9.17) is 0 Å². The van der Waals surface area contributed by atoms with Gasteiger partial charge in [-0.2, -0.15) is 0 Å². The Kier molecular flexibility index (Phi) is 5.77. The van der Waals surface area contributed by atoms with Gasteiger partial charge in [0.2, 0.25) is 0 Å². The van der Waals surface area contributed by atoms with Crippen molar-refractivity contribution in [1.82, 2.24) is 24.7 Å². The Labute approximate surface area is 149 Å². The van der Waals surface area contributed by atoms with Gasteiger partial charge in [0.25, 0.3) is 0 Å². The van der Waals surface area contributed by atoms with Gasteiger partial charge in [0.1, 0.15) is 0 Å². The van der Waals surface area contributed by atoms with Crippen LogP contribution in [0.1, 0.15) is 24.0 Å². The van der Waals surface area contributed by atoms with Gasteiger partial charge in [-0.3, -0.25) is 9.55 Å². The van der Waals surface area contributed by atoms with Crippen LogP contribution in [0.25, 0.3) is 11.4 Å². The molecule has 0 unspecified atom stereocenters. The predicted octanol–water partition coefficient (Wildman–Crippen LogP) is 4.23. The first-order chi connectivity index (χ1) is 11.8. The van der Waals surface area contributed by atoms with Gasteiger partial charge >= 0.3 is 0 Å². The van der Waals surface area contributed by atoms with Gasteiger partial charge in [-0.25, -0.2) is 4.98 Å². The second-order valence-electron chi connectivity index (χ2n) is 5.21. The fourth-order valence-electron chi connectivity index (χ4n) is 2.29. The van der Waals surface area contributed by atoms with Crippen LogP contribution >= 0.6 is 23.1 Å². The monoisotopic (exact) mass is 357 g/mol. The lowest BCUT2D eigenvalue weighted by Crippen LogP contribution is -2.00. The van der Waals surface area contributed by atoms with Gasteiger partial charge in [-0.15, -0.1) is 28.1 Å². The summed E-state index contributed by atoms with van der Waals surface area (Å²) in [6.45, 7) is 6.69. The van der Waals surface area contributed by atoms with Crippen molar-refractivity contribution in [2.24, 2.45) is 0 Å². The molecule has 0 aliphatic rings. The number of allylic oxidation sites excluding steroid dienone is 1. The smallest absolute Gasteiger partial charge is 0.192 e. The molecule has 7 heteroatoms. The molecule has 0 saturated heterocycles. The maximum absolute atomic E-state index is 4.67. The molecule has 0 atom stereocenters. The van der Waals surface area contributed by atoms with Gasteiger partial charge in [-0.05, 0) is 25.0 Å². The standard InChI is InChI=1S/C17H19N5S2/c1-3-5-15-19-14(11-23-15)12-24-17-21-20-16(22(17)10-4-2)13-6-8-18-9-7-13/h4,6-9,11H,2-3,5,10,12H2,1H3. The maximum Gasteiger partial charge on any atom is 0.192 e. The van der Waals surface area contributed by atoms with E-state index in [1.807, 2.05) is 18.2 Å². The highest BCUT2D eigenvalue weighted by molar-refractivity contribution is 7.98. The minimum Gasteiger partial charge on any atom is -0.298 e. The minimum atomic E-state index is 0.672. The van der Waals surface area contributed by atoms with Gasteiger partial charge in [-0.1, -0.05) is 24.8 Å². The van der Waals surface area contributed by atoms with Crippen LogP contribution in [0.2, 0.25) is 0 Å². The third kappa shape index (κ3) is 3.91. The molecule has 24 heavy (non-hydrogen) atoms. The van der Waals surface area contributed by atoms with Gasteiger partial charge < -0.3 is 0 Å². The molecule has 0 saturated carbocycles. The molecule has 0 fully saturated rings. The zero-order chi connectivity index (χ0) is 16.8. The van der Waals surface area contributed by atoms with Crippen molar-refractivity contribution < 1.29 is 0 Å². The van der Waals surface area contributed by atoms with Crippen LogP contribution in [-0.4, -0.2) is 24.7 Å². The second-order valence-corrected chi connectivity index (χ2v) is 7.10. The molecular formula is C17H19N5S2. The Bertz CT molecular complexity index is 794. The molecular weight excluding hydrogens is 338 g/mol. The number of hydrogen-bond acceptors (Lipinski definition) is 6. The lowest BCUT2D eigenvalue weighted by atomic mass is 10.2. The lowest BCUT2D eigenvalue weighted by Gasteiger charge is -2.07. The molecule has 0 spiro atoms. The molecule has 5 nitrogen and oxygen atoms in total. The van der Waals surface area contributed by atoms with E-state index in [1.165, 1.54) is 5.01 Å². The summed E-state index contributed by atoms with van der Waals surface area (Å²) >= 11 is 3.39. The Morgan fingerprint density at radius 1 is 1.29 bits per heavy atom. The summed E-state index contributed by atoms with van der Waals surface area (Å²) in [6, 6.07) is 3.88. The van der Waals surface area contributed by atoms with Crippen LogP contribution in [0.3, 0.4) is 0 Å². The quantitative estimate of drug-likeness (QED) is 0.446. The normalized spacial score (nSPS) is 10.9. The Morgan fingerprint density at radius 2 is 2.12 bits per heavy atom. The van der Waals surface area contributed by atoms with Crippen LogP contribution < -0.4 is 0 Å². The number of aryl methyl sites for hydroxylation is 1. The third-order valence-electron chi connectivity index (χ3n) is 3.38. The van der Waals surface area contributed by atoms with Gasteiger partial charge in [0.15, 0.2) is 11.0 Å². The first kappa shape index (κ1) is 16.9. The van der Waals surface area contributed by atoms with Crippen molar-refractivity contribution in [3.8, 4) is 11.4 Å². The molecule has 0 aromatic carbocycles. The lowest BCUT2D eigenvalue weighted by molar-refractivity contribution is 0.731. The van der Waals surface area contributed by atoms with Crippen molar-refractivity contribution in [2.75, 3.05) is 0 Å². The largest absolute Gasteiger partial charge is 0.298 e. The van der Waals surface area contributed by atoms with E-state index in [9.17, 15) is 0 Å². The van der Waals surface area contributed by atoms with E-state index in [0.29, 0.717) is 6.54 Å². The molecule has 124 valence electrons. The van der Waals surface area contributed by atoms with E-state index in [-0.39, 0.29) is 0 Å². The molecule has 0 N–H and O–H groups in total. The summed E-state index contributed by atoms with van der Waals surface area (Å²) in [5.74, 6) is 1.64. The number of pyridine rings is 1. The predicted molar refractivity (Wildman–Crippen MR) is 99.1 cm³/mol. The number of nitrogens with zero attached hydrogens (tertiary/aromatic N) is 5. The average Bonchev–Trinajstić information content (AvgIpc) is 3.22. The fourth-order valence-corrected chi connectivity index (χ4v) is 4.13. The molecule has 3 heterocycles. The molecule has 0 aliphatic heterocycles. The first-order valence-electron chi connectivity index (χ1n) is 7.82. The number of hydrogen-bond donors (Lipinski definition) is 0. The van der Waals surface area contributed by atoms with E-state index in [2.05, 4.69) is 43.6 Å². The van der Waals surface area contributed by atoms with Crippen molar-refractivity contribution in [2.45, 2.75) is 37.2 Å². The molecule has 3 aromatic rings. The van der Waals surface area contributed by atoms with Crippen molar-refractivity contribution in [1.29, 1.82) is 0 Å². The topological polar surface area (TPSA) is 56.5 Å². The van der Waals surface area contributed by atoms with E-state index >= 15 is 0 Å². The highest BCUT2D eigenvalue weighted by atomic mass is 32.2. The first-order valence-corrected chi connectivity index (χ1v) is 9.69. The highest BCUT2D eigenvalue weighted by Crippen LogP contribution is 2.26. The van der Waals surface area contributed by atoms with Crippen LogP contribution in [0.5, 0.6) is 0 Å². The van der Waals surface area contributed by atoms with E-state index < -0.39 is 0 Å². The van der Waals surface area contributed by atoms with Crippen LogP contribution in [0, 0.1) is 0 Å². The number of aromatic nitrogens is 5. The minimum absolute atomic E-state index is 0.672. The maximum atomic E-state index is 4.67. The zero-order valence-electron chi connectivity index (χ0n) is 13.6. The Balaban J connectivity index is 1.77. The van der Waals surface area contributed by atoms with Gasteiger partial charge in [0.05, 0.1) is 10.7 Å². The summed E-state index contributed by atoms with van der Waals surface area (Å²) < 4.78 is 2.08. The zero-order valence-corrected chi connectivity index (χ0v) is 15.2. The average molecular weight is 358 g/mol. The van der Waals surface area contributed by atoms with Crippen molar-refractivity contribution in [3.05, 3.63) is 53.3 Å². The van der Waals surface area contributed by atoms with Gasteiger partial charge in [0, 0.05) is 35.6 Å². The molecule has 0 aliphatic carbocycles. The van der Waals surface area contributed by atoms with E-state index in [0.717, 1.165) is 40.8 Å². The number of rotatable bonds is 8. The summed E-state index contributed by atoms with van der Waals surface area (Å²) in [7, 11) is 0. The molecule has 0 amide bonds. The molecule has 0 bridgehead atoms. The fraction of sp³-hybridized carbons (Fsp3) is 0.294. The SMILES string of the molecule is C=CCn1c(SCc2csc(CCC)n2)nnc1-c1ccncc1. The highest BCUT2D eigenvalue weighted by Gasteiger charge is 2.14.